The van der Waals surface area contributed by atoms with Crippen molar-refractivity contribution in [2.75, 3.05) is 20.2 Å². The molecule has 27 heavy (non-hydrogen) atoms. The van der Waals surface area contributed by atoms with Gasteiger partial charge in [0.15, 0.2) is 9.84 Å². The van der Waals surface area contributed by atoms with Crippen molar-refractivity contribution in [1.29, 1.82) is 0 Å². The molecular formula is C19H19ClFNO4S. The number of amides is 1. The summed E-state index contributed by atoms with van der Waals surface area (Å²) in [5.74, 6) is -0.0828. The Bertz CT molecular complexity index is 920. The Balaban J connectivity index is 1.57. The molecule has 0 spiro atoms. The minimum Gasteiger partial charge on any atom is -0.497 e. The molecule has 0 atom stereocenters. The van der Waals surface area contributed by atoms with Gasteiger partial charge in [-0.05, 0) is 42.8 Å². The summed E-state index contributed by atoms with van der Waals surface area (Å²) < 4.78 is 44.0. The number of sulfone groups is 1. The number of ether oxygens (including phenoxy) is 1. The minimum absolute atomic E-state index is 0.0793. The van der Waals surface area contributed by atoms with E-state index in [1.54, 1.807) is 18.2 Å². The number of carbonyl (C=O) groups excluding carboxylic acids is 1. The molecule has 1 heterocycles. The Morgan fingerprint density at radius 2 is 1.89 bits per heavy atom. The highest BCUT2D eigenvalue weighted by Gasteiger charge is 2.40. The number of carbonyl (C=O) groups is 1. The molecule has 1 saturated heterocycles. The molecule has 0 radical (unpaired) electrons. The second kappa shape index (κ2) is 7.86. The third-order valence-corrected chi connectivity index (χ3v) is 7.14. The Hall–Kier alpha value is -2.12. The first-order chi connectivity index (χ1) is 12.8. The van der Waals surface area contributed by atoms with Crippen LogP contribution < -0.4 is 4.74 Å². The van der Waals surface area contributed by atoms with E-state index in [9.17, 15) is 17.6 Å². The van der Waals surface area contributed by atoms with Gasteiger partial charge in [-0.15, -0.1) is 0 Å². The molecule has 2 aromatic rings. The summed E-state index contributed by atoms with van der Waals surface area (Å²) in [6, 6.07) is 10.6. The van der Waals surface area contributed by atoms with Crippen LogP contribution in [0.5, 0.6) is 5.75 Å². The van der Waals surface area contributed by atoms with Crippen LogP contribution in [0.2, 0.25) is 5.02 Å². The number of hydrogen-bond acceptors (Lipinski definition) is 4. The summed E-state index contributed by atoms with van der Waals surface area (Å²) in [5.41, 5.74) is 0.301. The Morgan fingerprint density at radius 3 is 2.48 bits per heavy atom. The monoisotopic (exact) mass is 411 g/mol. The van der Waals surface area contributed by atoms with E-state index in [1.807, 2.05) is 0 Å². The third kappa shape index (κ3) is 4.09. The number of halogens is 2. The van der Waals surface area contributed by atoms with Crippen LogP contribution in [0.1, 0.15) is 12.0 Å². The standard InChI is InChI=1S/C19H19ClFNO4S/c1-26-13-5-7-14(8-6-13)27(24,25)15-11-22(12-15)19(23)10-9-16-17(20)3-2-4-18(16)21/h2-8,15H,9-12H2,1H3. The fourth-order valence-electron chi connectivity index (χ4n) is 2.96. The van der Waals surface area contributed by atoms with Gasteiger partial charge in [0.1, 0.15) is 16.8 Å². The van der Waals surface area contributed by atoms with Gasteiger partial charge in [0.25, 0.3) is 0 Å². The largest absolute Gasteiger partial charge is 0.497 e. The maximum atomic E-state index is 13.8. The van der Waals surface area contributed by atoms with Crippen molar-refractivity contribution in [3.05, 3.63) is 58.9 Å². The molecule has 1 amide bonds. The lowest BCUT2D eigenvalue weighted by Crippen LogP contribution is -2.56. The molecule has 0 saturated carbocycles. The average Bonchev–Trinajstić information content (AvgIpc) is 2.60. The lowest BCUT2D eigenvalue weighted by molar-refractivity contribution is -0.134. The molecule has 5 nitrogen and oxygen atoms in total. The highest BCUT2D eigenvalue weighted by atomic mass is 35.5. The molecule has 0 aliphatic carbocycles. The lowest BCUT2D eigenvalue weighted by atomic mass is 10.1. The number of likely N-dealkylation sites (tertiary alicyclic amines) is 1. The first-order valence-electron chi connectivity index (χ1n) is 8.41. The van der Waals surface area contributed by atoms with E-state index in [0.29, 0.717) is 11.3 Å². The van der Waals surface area contributed by atoms with Gasteiger partial charge in [0.2, 0.25) is 5.91 Å². The van der Waals surface area contributed by atoms with Crippen molar-refractivity contribution < 1.29 is 22.3 Å². The number of methoxy groups -OCH3 is 1. The van der Waals surface area contributed by atoms with E-state index in [1.165, 1.54) is 36.3 Å². The quantitative estimate of drug-likeness (QED) is 0.732. The van der Waals surface area contributed by atoms with Crippen molar-refractivity contribution in [1.82, 2.24) is 4.90 Å². The molecule has 1 aliphatic heterocycles. The summed E-state index contributed by atoms with van der Waals surface area (Å²) in [6.45, 7) is 0.274. The van der Waals surface area contributed by atoms with Crippen LogP contribution in [0, 0.1) is 5.82 Å². The molecule has 1 fully saturated rings. The van der Waals surface area contributed by atoms with Crippen molar-refractivity contribution in [2.24, 2.45) is 0 Å². The van der Waals surface area contributed by atoms with Gasteiger partial charge >= 0.3 is 0 Å². The van der Waals surface area contributed by atoms with Gasteiger partial charge in [-0.25, -0.2) is 12.8 Å². The summed E-state index contributed by atoms with van der Waals surface area (Å²) in [5, 5.41) is -0.349. The summed E-state index contributed by atoms with van der Waals surface area (Å²) in [4.78, 5) is 13.9. The highest BCUT2D eigenvalue weighted by Crippen LogP contribution is 2.27. The van der Waals surface area contributed by atoms with Crippen molar-refractivity contribution >= 4 is 27.3 Å². The van der Waals surface area contributed by atoms with Crippen LogP contribution in [0.25, 0.3) is 0 Å². The summed E-state index contributed by atoms with van der Waals surface area (Å²) >= 11 is 5.96. The number of benzene rings is 2. The van der Waals surface area contributed by atoms with Crippen LogP contribution in [0.4, 0.5) is 4.39 Å². The zero-order chi connectivity index (χ0) is 19.6. The maximum absolute atomic E-state index is 13.8. The second-order valence-electron chi connectivity index (χ2n) is 6.34. The number of nitrogens with zero attached hydrogens (tertiary/aromatic N) is 1. The van der Waals surface area contributed by atoms with E-state index >= 15 is 0 Å². The first-order valence-corrected chi connectivity index (χ1v) is 10.3. The molecule has 2 aromatic carbocycles. The zero-order valence-electron chi connectivity index (χ0n) is 14.7. The summed E-state index contributed by atoms with van der Waals surface area (Å²) in [6.07, 6.45) is 0.257. The topological polar surface area (TPSA) is 63.7 Å². The minimum atomic E-state index is -3.50. The molecule has 0 N–H and O–H groups in total. The van der Waals surface area contributed by atoms with E-state index in [4.69, 9.17) is 16.3 Å². The fourth-order valence-corrected chi connectivity index (χ4v) is 4.87. The zero-order valence-corrected chi connectivity index (χ0v) is 16.3. The van der Waals surface area contributed by atoms with Gasteiger partial charge in [-0.3, -0.25) is 4.79 Å². The summed E-state index contributed by atoms with van der Waals surface area (Å²) in [7, 11) is -2.00. The molecule has 0 bridgehead atoms. The maximum Gasteiger partial charge on any atom is 0.222 e. The second-order valence-corrected chi connectivity index (χ2v) is 8.98. The Kier molecular flexibility index (Phi) is 5.72. The van der Waals surface area contributed by atoms with Gasteiger partial charge in [-0.2, -0.15) is 0 Å². The molecule has 144 valence electrons. The third-order valence-electron chi connectivity index (χ3n) is 4.68. The molecule has 8 heteroatoms. The number of hydrogen-bond donors (Lipinski definition) is 0. The van der Waals surface area contributed by atoms with Crippen molar-refractivity contribution in [3.63, 3.8) is 0 Å². The van der Waals surface area contributed by atoms with Gasteiger partial charge in [0.05, 0.1) is 12.0 Å². The van der Waals surface area contributed by atoms with Crippen LogP contribution in [0.15, 0.2) is 47.4 Å². The van der Waals surface area contributed by atoms with Gasteiger partial charge in [-0.1, -0.05) is 17.7 Å². The molecular weight excluding hydrogens is 393 g/mol. The molecule has 1 aliphatic rings. The van der Waals surface area contributed by atoms with Crippen LogP contribution in [-0.2, 0) is 21.1 Å². The average molecular weight is 412 g/mol. The predicted octanol–water partition coefficient (Wildman–Crippen LogP) is 3.11. The molecule has 0 unspecified atom stereocenters. The smallest absolute Gasteiger partial charge is 0.222 e. The van der Waals surface area contributed by atoms with Gasteiger partial charge < -0.3 is 9.64 Å². The van der Waals surface area contributed by atoms with Crippen molar-refractivity contribution in [3.8, 4) is 5.75 Å². The van der Waals surface area contributed by atoms with Crippen molar-refractivity contribution in [2.45, 2.75) is 23.0 Å². The molecule has 3 rings (SSSR count). The Morgan fingerprint density at radius 1 is 1.22 bits per heavy atom. The van der Waals surface area contributed by atoms with E-state index in [2.05, 4.69) is 0 Å². The SMILES string of the molecule is COc1ccc(S(=O)(=O)C2CN(C(=O)CCc3c(F)cccc3Cl)C2)cc1. The van der Waals surface area contributed by atoms with E-state index in [0.717, 1.165) is 0 Å². The highest BCUT2D eigenvalue weighted by molar-refractivity contribution is 7.92. The first kappa shape index (κ1) is 19.6. The fraction of sp³-hybridized carbons (Fsp3) is 0.316. The van der Waals surface area contributed by atoms with Crippen LogP contribution in [0.3, 0.4) is 0 Å². The van der Waals surface area contributed by atoms with Crippen LogP contribution in [-0.4, -0.2) is 44.7 Å². The normalized spacial score (nSPS) is 14.7. The van der Waals surface area contributed by atoms with E-state index < -0.39 is 20.9 Å². The lowest BCUT2D eigenvalue weighted by Gasteiger charge is -2.38. The Labute approximate surface area is 162 Å². The predicted molar refractivity (Wildman–Crippen MR) is 100 cm³/mol. The van der Waals surface area contributed by atoms with Gasteiger partial charge in [0, 0.05) is 30.1 Å². The van der Waals surface area contributed by atoms with Crippen LogP contribution >= 0.6 is 11.6 Å². The van der Waals surface area contributed by atoms with E-state index in [-0.39, 0.29) is 41.8 Å². The number of rotatable bonds is 6. The molecule has 0 aromatic heterocycles.